The lowest BCUT2D eigenvalue weighted by molar-refractivity contribution is -0.110. The zero-order valence-corrected chi connectivity index (χ0v) is 20.3. The van der Waals surface area contributed by atoms with Gasteiger partial charge in [0.05, 0.1) is 0 Å². The molecule has 1 heterocycles. The van der Waals surface area contributed by atoms with Gasteiger partial charge in [-0.15, -0.1) is 0 Å². The zero-order chi connectivity index (χ0) is 25.4. The van der Waals surface area contributed by atoms with Crippen LogP contribution in [0.5, 0.6) is 0 Å². The first-order valence-corrected chi connectivity index (χ1v) is 11.7. The molecule has 1 aromatic heterocycles. The monoisotopic (exact) mass is 480 g/mol. The summed E-state index contributed by atoms with van der Waals surface area (Å²) >= 11 is 0. The van der Waals surface area contributed by atoms with E-state index in [4.69, 9.17) is 0 Å². The number of benzene rings is 3. The van der Waals surface area contributed by atoms with Gasteiger partial charge in [0.15, 0.2) is 0 Å². The van der Waals surface area contributed by atoms with Gasteiger partial charge >= 0.3 is 6.18 Å². The minimum absolute atomic E-state index is 0.0275. The van der Waals surface area contributed by atoms with Crippen LogP contribution in [-0.2, 0) is 19.3 Å². The highest BCUT2D eigenvalue weighted by Crippen LogP contribution is 2.23. The van der Waals surface area contributed by atoms with Crippen LogP contribution in [0.4, 0.5) is 18.9 Å². The summed E-state index contributed by atoms with van der Waals surface area (Å²) < 4.78 is 31.1. The fourth-order valence-corrected chi connectivity index (χ4v) is 3.96. The fraction of sp³-hybridized carbons (Fsp3) is 0.276. The zero-order valence-electron chi connectivity index (χ0n) is 20.3. The molecule has 0 fully saturated rings. The summed E-state index contributed by atoms with van der Waals surface area (Å²) in [4.78, 5) is 15.4. The van der Waals surface area contributed by atoms with Gasteiger partial charge in [0.1, 0.15) is 0 Å². The van der Waals surface area contributed by atoms with Gasteiger partial charge in [0.25, 0.3) is 5.91 Å². The molecule has 0 radical (unpaired) electrons. The van der Waals surface area contributed by atoms with Gasteiger partial charge < -0.3 is 10.3 Å². The Hall–Kier alpha value is -3.54. The number of rotatable bonds is 3. The van der Waals surface area contributed by atoms with Crippen molar-refractivity contribution < 1.29 is 18.0 Å². The molecule has 3 aromatic carbocycles. The maximum atomic E-state index is 12.2. The van der Waals surface area contributed by atoms with Gasteiger partial charge in [-0.1, -0.05) is 31.2 Å². The van der Waals surface area contributed by atoms with Gasteiger partial charge in [-0.2, -0.15) is 13.2 Å². The molecule has 1 aliphatic carbocycles. The van der Waals surface area contributed by atoms with E-state index >= 15 is 0 Å². The Kier molecular flexibility index (Phi) is 8.74. The molecule has 3 nitrogen and oxygen atoms in total. The third-order valence-corrected chi connectivity index (χ3v) is 5.66. The van der Waals surface area contributed by atoms with Gasteiger partial charge in [-0.25, -0.2) is 0 Å². The highest BCUT2D eigenvalue weighted by molar-refractivity contribution is 6.04. The number of fused-ring (bicyclic) bond motifs is 2. The minimum atomic E-state index is -4.00. The lowest BCUT2D eigenvalue weighted by Crippen LogP contribution is -2.12. The van der Waals surface area contributed by atoms with Crippen molar-refractivity contribution in [3.8, 4) is 0 Å². The number of nitrogens with one attached hydrogen (secondary N) is 2. The van der Waals surface area contributed by atoms with E-state index in [9.17, 15) is 18.0 Å². The van der Waals surface area contributed by atoms with Crippen molar-refractivity contribution in [2.45, 2.75) is 52.6 Å². The number of carbonyl (C=O) groups excluding carboxylic acids is 1. The highest BCUT2D eigenvalue weighted by atomic mass is 19.4. The number of halogens is 3. The van der Waals surface area contributed by atoms with E-state index in [0.717, 1.165) is 36.1 Å². The molecule has 0 aliphatic heterocycles. The molecule has 1 amide bonds. The van der Waals surface area contributed by atoms with Crippen molar-refractivity contribution >= 4 is 22.5 Å². The van der Waals surface area contributed by atoms with Crippen LogP contribution in [0, 0.1) is 6.92 Å². The van der Waals surface area contributed by atoms with E-state index in [1.165, 1.54) is 34.0 Å². The largest absolute Gasteiger partial charge is 0.386 e. The minimum Gasteiger partial charge on any atom is -0.361 e. The molecule has 0 spiro atoms. The summed E-state index contributed by atoms with van der Waals surface area (Å²) in [5.41, 5.74) is 8.10. The molecule has 0 atom stereocenters. The number of H-pyrrole nitrogens is 1. The van der Waals surface area contributed by atoms with Gasteiger partial charge in [0.2, 0.25) is 0 Å². The summed E-state index contributed by atoms with van der Waals surface area (Å²) in [6.45, 7) is 4.38. The topological polar surface area (TPSA) is 44.9 Å². The number of amides is 1. The number of aromatic amines is 1. The molecule has 2 N–H and O–H groups in total. The Morgan fingerprint density at radius 1 is 0.971 bits per heavy atom. The van der Waals surface area contributed by atoms with Crippen molar-refractivity contribution in [3.05, 3.63) is 101 Å². The maximum absolute atomic E-state index is 12.2. The number of carbonyl (C=O) groups is 1. The van der Waals surface area contributed by atoms with Gasteiger partial charge in [-0.05, 0) is 103 Å². The molecule has 5 rings (SSSR count). The summed E-state index contributed by atoms with van der Waals surface area (Å²) in [5.74, 6) is -0.0275. The van der Waals surface area contributed by atoms with E-state index < -0.39 is 6.18 Å². The van der Waals surface area contributed by atoms with Crippen LogP contribution in [0.15, 0.2) is 72.9 Å². The van der Waals surface area contributed by atoms with Crippen LogP contribution in [0.3, 0.4) is 0 Å². The molecular formula is C29H31F3N2O. The summed E-state index contributed by atoms with van der Waals surface area (Å²) in [6, 6.07) is 22.5. The third-order valence-electron chi connectivity index (χ3n) is 5.66. The normalized spacial score (nSPS) is 12.2. The van der Waals surface area contributed by atoms with Crippen molar-refractivity contribution in [3.63, 3.8) is 0 Å². The number of hydrogen-bond acceptors (Lipinski definition) is 1. The van der Waals surface area contributed by atoms with E-state index in [-0.39, 0.29) is 12.8 Å². The molecule has 0 unspecified atom stereocenters. The molecule has 4 aromatic rings. The maximum Gasteiger partial charge on any atom is 0.386 e. The lowest BCUT2D eigenvalue weighted by Gasteiger charge is -2.07. The Morgan fingerprint density at radius 3 is 2.43 bits per heavy atom. The SMILES string of the molecule is CC(F)(F)F.CCc1ccc2[nH]ccc2c1.Cc1cccc(NC(=O)c2ccc3c(c2)CCC3)c1. The van der Waals surface area contributed by atoms with Crippen molar-refractivity contribution in [2.75, 3.05) is 5.32 Å². The van der Waals surface area contributed by atoms with Gasteiger partial charge in [0, 0.05) is 29.9 Å². The smallest absolute Gasteiger partial charge is 0.361 e. The fourth-order valence-electron chi connectivity index (χ4n) is 3.96. The first-order chi connectivity index (χ1) is 16.6. The second kappa shape index (κ2) is 11.7. The first kappa shape index (κ1) is 26.1. The third kappa shape index (κ3) is 8.32. The predicted octanol–water partition coefficient (Wildman–Crippen LogP) is 8.03. The average molecular weight is 481 g/mol. The highest BCUT2D eigenvalue weighted by Gasteiger charge is 2.16. The van der Waals surface area contributed by atoms with Crippen LogP contribution >= 0.6 is 0 Å². The summed E-state index contributed by atoms with van der Waals surface area (Å²) in [5, 5.41) is 4.26. The number of aryl methyl sites for hydroxylation is 4. The van der Waals surface area contributed by atoms with Crippen LogP contribution < -0.4 is 5.32 Å². The number of hydrogen-bond donors (Lipinski definition) is 2. The summed E-state index contributed by atoms with van der Waals surface area (Å²) in [6.07, 6.45) is 2.54. The number of alkyl halides is 3. The van der Waals surface area contributed by atoms with Gasteiger partial charge in [-0.3, -0.25) is 4.79 Å². The Bertz CT molecular complexity index is 1270. The van der Waals surface area contributed by atoms with E-state index in [2.05, 4.69) is 47.6 Å². The molecule has 0 bridgehead atoms. The summed E-state index contributed by atoms with van der Waals surface area (Å²) in [7, 11) is 0. The molecule has 1 aliphatic rings. The Balaban J connectivity index is 0.000000180. The van der Waals surface area contributed by atoms with Crippen LogP contribution in [0.25, 0.3) is 10.9 Å². The van der Waals surface area contributed by atoms with Crippen LogP contribution in [0.1, 0.15) is 52.9 Å². The average Bonchev–Trinajstić information content (AvgIpc) is 3.46. The van der Waals surface area contributed by atoms with Crippen molar-refractivity contribution in [2.24, 2.45) is 0 Å². The van der Waals surface area contributed by atoms with Crippen molar-refractivity contribution in [1.29, 1.82) is 0 Å². The Morgan fingerprint density at radius 2 is 1.71 bits per heavy atom. The molecular weight excluding hydrogens is 449 g/mol. The lowest BCUT2D eigenvalue weighted by atomic mass is 10.1. The molecule has 184 valence electrons. The number of anilines is 1. The quantitative estimate of drug-likeness (QED) is 0.306. The van der Waals surface area contributed by atoms with E-state index in [1.807, 2.05) is 49.5 Å². The van der Waals surface area contributed by atoms with Crippen molar-refractivity contribution in [1.82, 2.24) is 4.98 Å². The second-order valence-corrected chi connectivity index (χ2v) is 8.69. The first-order valence-electron chi connectivity index (χ1n) is 11.7. The molecule has 0 saturated carbocycles. The standard InChI is InChI=1S/C17H17NO.C10H11N.C2H3F3/c1-12-4-2-7-16(10-12)18-17(19)15-9-8-13-5-3-6-14(13)11-15;1-2-8-3-4-10-9(7-8)5-6-11-10;1-2(3,4)5/h2,4,7-11H,3,5-6H2,1H3,(H,18,19);3-7,11H,2H2,1H3;1H3. The molecule has 35 heavy (non-hydrogen) atoms. The second-order valence-electron chi connectivity index (χ2n) is 8.69. The predicted molar refractivity (Wildman–Crippen MR) is 137 cm³/mol. The van der Waals surface area contributed by atoms with E-state index in [0.29, 0.717) is 0 Å². The Labute approximate surface area is 204 Å². The van der Waals surface area contributed by atoms with E-state index in [1.54, 1.807) is 0 Å². The van der Waals surface area contributed by atoms with Crippen LogP contribution in [0.2, 0.25) is 0 Å². The van der Waals surface area contributed by atoms with Crippen LogP contribution in [-0.4, -0.2) is 17.1 Å². The molecule has 6 heteroatoms. The molecule has 0 saturated heterocycles. The number of aromatic nitrogens is 1.